The van der Waals surface area contributed by atoms with Gasteiger partial charge in [-0.1, -0.05) is 12.5 Å². The lowest BCUT2D eigenvalue weighted by Gasteiger charge is -2.14. The molecule has 0 aliphatic heterocycles. The lowest BCUT2D eigenvalue weighted by atomic mass is 9.97. The van der Waals surface area contributed by atoms with Gasteiger partial charge in [0.2, 0.25) is 0 Å². The van der Waals surface area contributed by atoms with Crippen molar-refractivity contribution in [1.82, 2.24) is 9.78 Å². The van der Waals surface area contributed by atoms with E-state index >= 15 is 0 Å². The Hall–Kier alpha value is -1.09. The van der Waals surface area contributed by atoms with Crippen molar-refractivity contribution in [3.05, 3.63) is 28.6 Å². The molecule has 1 aromatic rings. The van der Waals surface area contributed by atoms with Crippen LogP contribution in [0.3, 0.4) is 0 Å². The highest BCUT2D eigenvalue weighted by Gasteiger charge is 2.17. The number of hydrogen-bond donors (Lipinski definition) is 1. The Labute approximate surface area is 110 Å². The highest BCUT2D eigenvalue weighted by Crippen LogP contribution is 2.23. The molecule has 1 aliphatic rings. The summed E-state index contributed by atoms with van der Waals surface area (Å²) in [5, 5.41) is 14.8. The second kappa shape index (κ2) is 5.70. The summed E-state index contributed by atoms with van der Waals surface area (Å²) in [6.45, 7) is 4.10. The van der Waals surface area contributed by atoms with Crippen molar-refractivity contribution in [3.63, 3.8) is 0 Å². The second-order valence-corrected chi connectivity index (χ2v) is 5.37. The van der Waals surface area contributed by atoms with Gasteiger partial charge >= 0.3 is 0 Å². The number of rotatable bonds is 3. The highest BCUT2D eigenvalue weighted by atomic mass is 16.3. The van der Waals surface area contributed by atoms with Crippen molar-refractivity contribution in [2.24, 2.45) is 7.05 Å². The predicted molar refractivity (Wildman–Crippen MR) is 73.6 cm³/mol. The molecule has 3 heteroatoms. The summed E-state index contributed by atoms with van der Waals surface area (Å²) in [7, 11) is 1.96. The lowest BCUT2D eigenvalue weighted by molar-refractivity contribution is 0.206. The molecular weight excluding hydrogens is 224 g/mol. The van der Waals surface area contributed by atoms with Crippen molar-refractivity contribution >= 4 is 0 Å². The zero-order chi connectivity index (χ0) is 13.1. The van der Waals surface area contributed by atoms with Gasteiger partial charge in [-0.2, -0.15) is 5.10 Å². The molecule has 0 aromatic carbocycles. The molecule has 0 radical (unpaired) electrons. The summed E-state index contributed by atoms with van der Waals surface area (Å²) in [6, 6.07) is 0. The molecule has 0 saturated carbocycles. The van der Waals surface area contributed by atoms with Gasteiger partial charge in [-0.3, -0.25) is 4.68 Å². The van der Waals surface area contributed by atoms with E-state index in [1.165, 1.54) is 36.1 Å². The summed E-state index contributed by atoms with van der Waals surface area (Å²) in [5.41, 5.74) is 4.65. The monoisotopic (exact) mass is 248 g/mol. The van der Waals surface area contributed by atoms with E-state index in [4.69, 9.17) is 0 Å². The quantitative estimate of drug-likeness (QED) is 0.835. The SMILES string of the molecule is Cc1nn(C)c(C)c1CC(O)C1=CCCCCC1. The number of aliphatic hydroxyl groups is 1. The topological polar surface area (TPSA) is 38.0 Å². The molecule has 0 saturated heterocycles. The van der Waals surface area contributed by atoms with Crippen LogP contribution in [0.2, 0.25) is 0 Å². The van der Waals surface area contributed by atoms with Crippen molar-refractivity contribution < 1.29 is 5.11 Å². The Morgan fingerprint density at radius 1 is 1.33 bits per heavy atom. The Morgan fingerprint density at radius 2 is 2.11 bits per heavy atom. The third-order valence-electron chi connectivity index (χ3n) is 4.06. The van der Waals surface area contributed by atoms with Crippen LogP contribution in [-0.4, -0.2) is 21.0 Å². The van der Waals surface area contributed by atoms with Gasteiger partial charge in [0.1, 0.15) is 0 Å². The van der Waals surface area contributed by atoms with Gasteiger partial charge in [0.25, 0.3) is 0 Å². The van der Waals surface area contributed by atoms with Gasteiger partial charge in [-0.15, -0.1) is 0 Å². The third kappa shape index (κ3) is 2.83. The number of allylic oxidation sites excluding steroid dienone is 1. The van der Waals surface area contributed by atoms with E-state index in [-0.39, 0.29) is 6.10 Å². The smallest absolute Gasteiger partial charge is 0.0791 e. The number of aliphatic hydroxyl groups excluding tert-OH is 1. The summed E-state index contributed by atoms with van der Waals surface area (Å²) < 4.78 is 1.90. The maximum absolute atomic E-state index is 10.4. The minimum atomic E-state index is -0.329. The molecule has 18 heavy (non-hydrogen) atoms. The molecule has 0 fully saturated rings. The van der Waals surface area contributed by atoms with Crippen LogP contribution in [0.15, 0.2) is 11.6 Å². The minimum absolute atomic E-state index is 0.329. The Morgan fingerprint density at radius 3 is 2.78 bits per heavy atom. The number of aryl methyl sites for hydroxylation is 2. The van der Waals surface area contributed by atoms with Crippen LogP contribution in [0, 0.1) is 13.8 Å². The number of nitrogens with zero attached hydrogens (tertiary/aromatic N) is 2. The molecule has 100 valence electrons. The fraction of sp³-hybridized carbons (Fsp3) is 0.667. The van der Waals surface area contributed by atoms with Gasteiger partial charge in [-0.25, -0.2) is 0 Å². The van der Waals surface area contributed by atoms with Crippen LogP contribution in [-0.2, 0) is 13.5 Å². The van der Waals surface area contributed by atoms with E-state index in [2.05, 4.69) is 18.1 Å². The maximum atomic E-state index is 10.4. The van der Waals surface area contributed by atoms with Crippen molar-refractivity contribution in [1.29, 1.82) is 0 Å². The van der Waals surface area contributed by atoms with Crippen LogP contribution in [0.4, 0.5) is 0 Å². The zero-order valence-electron chi connectivity index (χ0n) is 11.7. The Bertz CT molecular complexity index is 446. The minimum Gasteiger partial charge on any atom is -0.388 e. The standard InChI is InChI=1S/C15H24N2O/c1-11-14(12(2)17(3)16-11)10-15(18)13-8-6-4-5-7-9-13/h8,15,18H,4-7,9-10H2,1-3H3. The first-order chi connectivity index (χ1) is 8.59. The lowest BCUT2D eigenvalue weighted by Crippen LogP contribution is -2.15. The first-order valence-corrected chi connectivity index (χ1v) is 6.95. The number of aromatic nitrogens is 2. The van der Waals surface area contributed by atoms with E-state index in [0.29, 0.717) is 6.42 Å². The first kappa shape index (κ1) is 13.3. The van der Waals surface area contributed by atoms with Crippen LogP contribution in [0.1, 0.15) is 49.1 Å². The van der Waals surface area contributed by atoms with Gasteiger partial charge in [0, 0.05) is 19.2 Å². The highest BCUT2D eigenvalue weighted by molar-refractivity contribution is 5.27. The van der Waals surface area contributed by atoms with E-state index in [1.54, 1.807) is 0 Å². The van der Waals surface area contributed by atoms with E-state index < -0.39 is 0 Å². The van der Waals surface area contributed by atoms with Crippen molar-refractivity contribution in [2.75, 3.05) is 0 Å². The van der Waals surface area contributed by atoms with E-state index in [9.17, 15) is 5.11 Å². The van der Waals surface area contributed by atoms with Gasteiger partial charge < -0.3 is 5.11 Å². The number of hydrogen-bond acceptors (Lipinski definition) is 2. The predicted octanol–water partition coefficient (Wildman–Crippen LogP) is 2.83. The van der Waals surface area contributed by atoms with E-state index in [0.717, 1.165) is 18.5 Å². The van der Waals surface area contributed by atoms with E-state index in [1.807, 2.05) is 18.7 Å². The molecule has 1 heterocycles. The molecule has 0 amide bonds. The van der Waals surface area contributed by atoms with Gasteiger partial charge in [0.15, 0.2) is 0 Å². The van der Waals surface area contributed by atoms with Crippen LogP contribution < -0.4 is 0 Å². The largest absolute Gasteiger partial charge is 0.388 e. The van der Waals surface area contributed by atoms with Crippen molar-refractivity contribution in [3.8, 4) is 0 Å². The first-order valence-electron chi connectivity index (χ1n) is 6.95. The van der Waals surface area contributed by atoms with Gasteiger partial charge in [-0.05, 0) is 50.7 Å². The zero-order valence-corrected chi connectivity index (χ0v) is 11.7. The molecule has 1 aliphatic carbocycles. The van der Waals surface area contributed by atoms with Crippen molar-refractivity contribution in [2.45, 2.75) is 58.5 Å². The molecule has 0 bridgehead atoms. The fourth-order valence-electron chi connectivity index (χ4n) is 2.78. The molecule has 1 unspecified atom stereocenters. The molecule has 2 rings (SSSR count). The average molecular weight is 248 g/mol. The average Bonchev–Trinajstić information content (AvgIpc) is 2.58. The van der Waals surface area contributed by atoms with Crippen LogP contribution in [0.5, 0.6) is 0 Å². The molecule has 0 spiro atoms. The maximum Gasteiger partial charge on any atom is 0.0791 e. The second-order valence-electron chi connectivity index (χ2n) is 5.37. The van der Waals surface area contributed by atoms with Crippen LogP contribution >= 0.6 is 0 Å². The normalized spacial score (nSPS) is 18.3. The summed E-state index contributed by atoms with van der Waals surface area (Å²) in [6.07, 6.45) is 8.57. The molecular formula is C15H24N2O. The summed E-state index contributed by atoms with van der Waals surface area (Å²) in [5.74, 6) is 0. The molecule has 1 aromatic heterocycles. The summed E-state index contributed by atoms with van der Waals surface area (Å²) in [4.78, 5) is 0. The third-order valence-corrected chi connectivity index (χ3v) is 4.06. The van der Waals surface area contributed by atoms with Gasteiger partial charge in [0.05, 0.1) is 11.8 Å². The molecule has 1 atom stereocenters. The molecule has 3 nitrogen and oxygen atoms in total. The summed E-state index contributed by atoms with van der Waals surface area (Å²) >= 11 is 0. The van der Waals surface area contributed by atoms with Crippen LogP contribution in [0.25, 0.3) is 0 Å². The Kier molecular flexibility index (Phi) is 4.23. The Balaban J connectivity index is 2.10. The fourth-order valence-corrected chi connectivity index (χ4v) is 2.78. The molecule has 1 N–H and O–H groups in total.